The number of fused-ring (bicyclic) bond motifs is 1. The van der Waals surface area contributed by atoms with E-state index in [2.05, 4.69) is 11.2 Å². The molecule has 2 heterocycles. The zero-order chi connectivity index (χ0) is 17.8. The number of hydrogen-bond donors (Lipinski definition) is 0. The number of carbonyl (C=O) groups is 1. The number of hydrogen-bond acceptors (Lipinski definition) is 4. The number of amides is 1. The van der Waals surface area contributed by atoms with Crippen LogP contribution in [0, 0.1) is 11.3 Å². The predicted octanol–water partition coefficient (Wildman–Crippen LogP) is 2.77. The molecule has 0 atom stereocenters. The van der Waals surface area contributed by atoms with Crippen LogP contribution < -0.4 is 4.74 Å². The molecule has 2 aromatic rings. The molecule has 3 rings (SSSR count). The lowest BCUT2D eigenvalue weighted by atomic mass is 10.0. The lowest BCUT2D eigenvalue weighted by Crippen LogP contribution is -2.39. The van der Waals surface area contributed by atoms with Gasteiger partial charge < -0.3 is 9.64 Å². The fourth-order valence-electron chi connectivity index (χ4n) is 3.02. The first-order valence-electron chi connectivity index (χ1n) is 8.21. The van der Waals surface area contributed by atoms with Crippen LogP contribution in [0.4, 0.5) is 0 Å². The molecule has 0 fully saturated rings. The van der Waals surface area contributed by atoms with Crippen LogP contribution in [-0.2, 0) is 6.42 Å². The van der Waals surface area contributed by atoms with Gasteiger partial charge >= 0.3 is 0 Å². The van der Waals surface area contributed by atoms with Gasteiger partial charge in [-0.2, -0.15) is 10.4 Å². The Morgan fingerprint density at radius 2 is 2.08 bits per heavy atom. The largest absolute Gasteiger partial charge is 0.497 e. The number of halogens is 1. The first-order chi connectivity index (χ1) is 12.2. The zero-order valence-electron chi connectivity index (χ0n) is 14.0. The summed E-state index contributed by atoms with van der Waals surface area (Å²) in [5.74, 6) is 1.23. The van der Waals surface area contributed by atoms with Crippen molar-refractivity contribution in [2.24, 2.45) is 0 Å². The number of ether oxygens (including phenoxy) is 1. The Balaban J connectivity index is 1.97. The molecule has 0 unspecified atom stereocenters. The lowest BCUT2D eigenvalue weighted by molar-refractivity contribution is 0.0728. The average molecular weight is 359 g/mol. The molecular formula is C18H19ClN4O2. The van der Waals surface area contributed by atoms with Gasteiger partial charge in [-0.05, 0) is 43.5 Å². The van der Waals surface area contributed by atoms with E-state index in [0.29, 0.717) is 36.8 Å². The number of nitriles is 1. The Labute approximate surface area is 151 Å². The van der Waals surface area contributed by atoms with E-state index in [9.17, 15) is 10.1 Å². The second kappa shape index (κ2) is 7.58. The molecule has 1 aromatic heterocycles. The summed E-state index contributed by atoms with van der Waals surface area (Å²) >= 11 is 5.72. The number of unbranched alkanes of at least 4 members (excludes halogenated alkanes) is 1. The minimum Gasteiger partial charge on any atom is -0.497 e. The molecule has 0 saturated carbocycles. The number of aromatic nitrogens is 2. The summed E-state index contributed by atoms with van der Waals surface area (Å²) in [5, 5.41) is 13.7. The smallest absolute Gasteiger partial charge is 0.272 e. The van der Waals surface area contributed by atoms with E-state index in [0.717, 1.165) is 29.8 Å². The standard InChI is InChI=1S/C18H19ClN4O2/c1-25-14-6-4-13(5-7-14)23-17-15(16(12-20)21-23)8-11-22(18(17)24)10-3-2-9-19/h4-7H,2-3,8-11H2,1H3. The van der Waals surface area contributed by atoms with Gasteiger partial charge in [-0.1, -0.05) is 0 Å². The minimum absolute atomic E-state index is 0.0827. The van der Waals surface area contributed by atoms with Gasteiger partial charge in [0.25, 0.3) is 5.91 Å². The van der Waals surface area contributed by atoms with Crippen molar-refractivity contribution in [1.29, 1.82) is 5.26 Å². The van der Waals surface area contributed by atoms with E-state index in [1.165, 1.54) is 0 Å². The third-order valence-corrected chi connectivity index (χ3v) is 4.61. The van der Waals surface area contributed by atoms with Crippen molar-refractivity contribution in [2.45, 2.75) is 19.3 Å². The van der Waals surface area contributed by atoms with Gasteiger partial charge in [-0.3, -0.25) is 4.79 Å². The van der Waals surface area contributed by atoms with Gasteiger partial charge in [0.05, 0.1) is 12.8 Å². The second-order valence-corrected chi connectivity index (χ2v) is 6.21. The van der Waals surface area contributed by atoms with Crippen LogP contribution in [0.2, 0.25) is 0 Å². The van der Waals surface area contributed by atoms with Crippen molar-refractivity contribution in [3.05, 3.63) is 41.2 Å². The third kappa shape index (κ3) is 3.33. The number of methoxy groups -OCH3 is 1. The minimum atomic E-state index is -0.0827. The van der Waals surface area contributed by atoms with E-state index in [1.807, 2.05) is 17.0 Å². The van der Waals surface area contributed by atoms with E-state index in [-0.39, 0.29) is 5.91 Å². The normalized spacial score (nSPS) is 13.5. The van der Waals surface area contributed by atoms with Gasteiger partial charge in [-0.15, -0.1) is 11.6 Å². The molecular weight excluding hydrogens is 340 g/mol. The van der Waals surface area contributed by atoms with Crippen LogP contribution in [0.5, 0.6) is 5.75 Å². The van der Waals surface area contributed by atoms with Gasteiger partial charge in [-0.25, -0.2) is 4.68 Å². The zero-order valence-corrected chi connectivity index (χ0v) is 14.8. The molecule has 0 radical (unpaired) electrons. The van der Waals surface area contributed by atoms with E-state index in [1.54, 1.807) is 23.9 Å². The highest BCUT2D eigenvalue weighted by Crippen LogP contribution is 2.26. The average Bonchev–Trinajstić information content (AvgIpc) is 3.03. The van der Waals surface area contributed by atoms with Gasteiger partial charge in [0.2, 0.25) is 0 Å². The quantitative estimate of drug-likeness (QED) is 0.588. The molecule has 130 valence electrons. The van der Waals surface area contributed by atoms with Gasteiger partial charge in [0.1, 0.15) is 17.5 Å². The molecule has 0 spiro atoms. The second-order valence-electron chi connectivity index (χ2n) is 5.84. The lowest BCUT2D eigenvalue weighted by Gasteiger charge is -2.27. The summed E-state index contributed by atoms with van der Waals surface area (Å²) in [4.78, 5) is 14.8. The Hall–Kier alpha value is -2.52. The Kier molecular flexibility index (Phi) is 5.25. The topological polar surface area (TPSA) is 71.1 Å². The maximum atomic E-state index is 13.0. The molecule has 6 nitrogen and oxygen atoms in total. The maximum absolute atomic E-state index is 13.0. The summed E-state index contributed by atoms with van der Waals surface area (Å²) < 4.78 is 6.74. The molecule has 1 aliphatic rings. The molecule has 0 aliphatic carbocycles. The fraction of sp³-hybridized carbons (Fsp3) is 0.389. The number of benzene rings is 1. The van der Waals surface area contributed by atoms with Crippen LogP contribution in [-0.4, -0.2) is 46.7 Å². The molecule has 1 aromatic carbocycles. The summed E-state index contributed by atoms with van der Waals surface area (Å²) in [5.41, 5.74) is 2.27. The first-order valence-corrected chi connectivity index (χ1v) is 8.74. The Bertz CT molecular complexity index is 808. The van der Waals surface area contributed by atoms with Crippen molar-refractivity contribution in [1.82, 2.24) is 14.7 Å². The van der Waals surface area contributed by atoms with Crippen LogP contribution in [0.1, 0.15) is 34.6 Å². The Morgan fingerprint density at radius 3 is 2.72 bits per heavy atom. The van der Waals surface area contributed by atoms with Gasteiger partial charge in [0, 0.05) is 24.5 Å². The predicted molar refractivity (Wildman–Crippen MR) is 94.4 cm³/mol. The monoisotopic (exact) mass is 358 g/mol. The van der Waals surface area contributed by atoms with Crippen molar-refractivity contribution < 1.29 is 9.53 Å². The van der Waals surface area contributed by atoms with E-state index < -0.39 is 0 Å². The van der Waals surface area contributed by atoms with Crippen LogP contribution in [0.3, 0.4) is 0 Å². The van der Waals surface area contributed by atoms with E-state index >= 15 is 0 Å². The maximum Gasteiger partial charge on any atom is 0.272 e. The number of carbonyl (C=O) groups excluding carboxylic acids is 1. The van der Waals surface area contributed by atoms with Crippen molar-refractivity contribution >= 4 is 17.5 Å². The summed E-state index contributed by atoms with van der Waals surface area (Å²) in [6, 6.07) is 9.38. The molecule has 0 saturated heterocycles. The summed E-state index contributed by atoms with van der Waals surface area (Å²) in [6.07, 6.45) is 2.38. The fourth-order valence-corrected chi connectivity index (χ4v) is 3.20. The summed E-state index contributed by atoms with van der Waals surface area (Å²) in [7, 11) is 1.60. The third-order valence-electron chi connectivity index (χ3n) is 4.34. The molecule has 1 amide bonds. The number of alkyl halides is 1. The highest BCUT2D eigenvalue weighted by atomic mass is 35.5. The van der Waals surface area contributed by atoms with Crippen LogP contribution in [0.15, 0.2) is 24.3 Å². The first kappa shape index (κ1) is 17.3. The van der Waals surface area contributed by atoms with Crippen molar-refractivity contribution in [3.8, 4) is 17.5 Å². The number of rotatable bonds is 6. The highest BCUT2D eigenvalue weighted by Gasteiger charge is 2.32. The molecule has 7 heteroatoms. The number of nitrogens with zero attached hydrogens (tertiary/aromatic N) is 4. The molecule has 0 N–H and O–H groups in total. The van der Waals surface area contributed by atoms with E-state index in [4.69, 9.17) is 16.3 Å². The van der Waals surface area contributed by atoms with Crippen molar-refractivity contribution in [2.75, 3.05) is 26.1 Å². The van der Waals surface area contributed by atoms with Crippen molar-refractivity contribution in [3.63, 3.8) is 0 Å². The molecule has 1 aliphatic heterocycles. The highest BCUT2D eigenvalue weighted by molar-refractivity contribution is 6.17. The van der Waals surface area contributed by atoms with Crippen LogP contribution >= 0.6 is 11.6 Å². The molecule has 0 bridgehead atoms. The summed E-state index contributed by atoms with van der Waals surface area (Å²) in [6.45, 7) is 1.28. The SMILES string of the molecule is COc1ccc(-n2nc(C#N)c3c2C(=O)N(CCCCCl)CC3)cc1. The molecule has 25 heavy (non-hydrogen) atoms. The Morgan fingerprint density at radius 1 is 1.32 bits per heavy atom. The van der Waals surface area contributed by atoms with Crippen LogP contribution in [0.25, 0.3) is 5.69 Å². The van der Waals surface area contributed by atoms with Gasteiger partial charge in [0.15, 0.2) is 5.69 Å².